The fourth-order valence-corrected chi connectivity index (χ4v) is 3.45. The molecule has 2 aliphatic heterocycles. The lowest BCUT2D eigenvalue weighted by molar-refractivity contribution is -0.126. The minimum atomic E-state index is -1.14. The molecule has 8 nitrogen and oxygen atoms in total. The summed E-state index contributed by atoms with van der Waals surface area (Å²) in [5.74, 6) is 4.03. The Balaban J connectivity index is 1.68. The van der Waals surface area contributed by atoms with E-state index in [4.69, 9.17) is 10.5 Å². The lowest BCUT2D eigenvalue weighted by atomic mass is 9.88. The minimum absolute atomic E-state index is 0.0321. The number of aromatic nitrogens is 1. The summed E-state index contributed by atoms with van der Waals surface area (Å²) in [7, 11) is 0. The van der Waals surface area contributed by atoms with Crippen LogP contribution in [0.1, 0.15) is 22.5 Å². The first-order chi connectivity index (χ1) is 14.9. The van der Waals surface area contributed by atoms with Gasteiger partial charge >= 0.3 is 0 Å². The molecular formula is C22H21FN4O4. The minimum Gasteiger partial charge on any atom is -0.394 e. The number of nitrogens with two attached hydrogens (primary N) is 1. The van der Waals surface area contributed by atoms with Crippen LogP contribution in [0, 0.1) is 23.1 Å². The highest BCUT2D eigenvalue weighted by molar-refractivity contribution is 5.97. The molecule has 0 spiro atoms. The number of nitrogens with one attached hydrogen (secondary N) is 2. The van der Waals surface area contributed by atoms with Crippen molar-refractivity contribution in [2.24, 2.45) is 11.1 Å². The second kappa shape index (κ2) is 8.34. The van der Waals surface area contributed by atoms with E-state index in [1.165, 1.54) is 6.07 Å². The fraction of sp³-hybridized carbons (Fsp3) is 0.318. The van der Waals surface area contributed by atoms with Gasteiger partial charge < -0.3 is 26.2 Å². The van der Waals surface area contributed by atoms with Crippen LogP contribution in [0.4, 0.5) is 10.1 Å². The largest absolute Gasteiger partial charge is 0.394 e. The predicted octanol–water partition coefficient (Wildman–Crippen LogP) is 0.647. The molecule has 1 atom stereocenters. The monoisotopic (exact) mass is 424 g/mol. The summed E-state index contributed by atoms with van der Waals surface area (Å²) in [6, 6.07) is 7.78. The molecule has 0 aliphatic carbocycles. The number of nitrogens with zero attached hydrogens (tertiary/aromatic N) is 1. The van der Waals surface area contributed by atoms with Crippen molar-refractivity contribution in [3.63, 3.8) is 0 Å². The standard InChI is InChI=1S/C22H21FN4O4/c23-16-9-17(26-15-10-31-11-15)19(20(24)29)27-18(16)14-3-1-2-13(8-14)4-5-22(12-28)6-7-25-21(22)30/h1-3,8-9,15,26,28H,6-7,10-12H2,(H2,24,29)(H,25,30)/t22-/m0/s1. The van der Waals surface area contributed by atoms with Crippen LogP contribution in [-0.2, 0) is 9.53 Å². The predicted molar refractivity (Wildman–Crippen MR) is 110 cm³/mol. The van der Waals surface area contributed by atoms with Gasteiger partial charge in [-0.1, -0.05) is 24.0 Å². The number of pyridine rings is 1. The zero-order valence-corrected chi connectivity index (χ0v) is 16.6. The van der Waals surface area contributed by atoms with Gasteiger partial charge in [-0.2, -0.15) is 0 Å². The highest BCUT2D eigenvalue weighted by atomic mass is 19.1. The van der Waals surface area contributed by atoms with E-state index >= 15 is 0 Å². The zero-order chi connectivity index (χ0) is 22.0. The molecule has 2 aromatic rings. The molecule has 160 valence electrons. The number of primary amides is 1. The molecule has 2 saturated heterocycles. The maximum Gasteiger partial charge on any atom is 0.269 e. The number of amides is 2. The van der Waals surface area contributed by atoms with Crippen molar-refractivity contribution < 1.29 is 23.8 Å². The molecule has 0 unspecified atom stereocenters. The summed E-state index contributed by atoms with van der Waals surface area (Å²) < 4.78 is 20.0. The molecule has 3 heterocycles. The normalized spacial score (nSPS) is 20.4. The van der Waals surface area contributed by atoms with Gasteiger partial charge in [0, 0.05) is 23.7 Å². The molecule has 0 bridgehead atoms. The van der Waals surface area contributed by atoms with Crippen LogP contribution in [0.2, 0.25) is 0 Å². The fourth-order valence-electron chi connectivity index (χ4n) is 3.45. The number of aliphatic hydroxyl groups is 1. The van der Waals surface area contributed by atoms with Crippen LogP contribution in [0.15, 0.2) is 30.3 Å². The van der Waals surface area contributed by atoms with Crippen molar-refractivity contribution in [1.82, 2.24) is 10.3 Å². The number of rotatable bonds is 5. The second-order valence-electron chi connectivity index (χ2n) is 7.53. The topological polar surface area (TPSA) is 127 Å². The highest BCUT2D eigenvalue weighted by Crippen LogP contribution is 2.28. The van der Waals surface area contributed by atoms with E-state index in [0.29, 0.717) is 37.3 Å². The molecule has 0 saturated carbocycles. The molecule has 2 fully saturated rings. The van der Waals surface area contributed by atoms with Crippen LogP contribution in [0.5, 0.6) is 0 Å². The Morgan fingerprint density at radius 2 is 2.23 bits per heavy atom. The smallest absolute Gasteiger partial charge is 0.269 e. The number of anilines is 1. The third-order valence-electron chi connectivity index (χ3n) is 5.33. The molecule has 9 heteroatoms. The Morgan fingerprint density at radius 1 is 1.42 bits per heavy atom. The third-order valence-corrected chi connectivity index (χ3v) is 5.33. The van der Waals surface area contributed by atoms with Crippen molar-refractivity contribution in [2.75, 3.05) is 31.7 Å². The number of ether oxygens (including phenoxy) is 1. The number of halogens is 1. The molecule has 4 rings (SSSR count). The number of hydrogen-bond donors (Lipinski definition) is 4. The van der Waals surface area contributed by atoms with Crippen LogP contribution < -0.4 is 16.4 Å². The quantitative estimate of drug-likeness (QED) is 0.522. The maximum absolute atomic E-state index is 14.9. The first-order valence-electron chi connectivity index (χ1n) is 9.79. The molecule has 0 radical (unpaired) electrons. The summed E-state index contributed by atoms with van der Waals surface area (Å²) in [4.78, 5) is 28.1. The zero-order valence-electron chi connectivity index (χ0n) is 16.6. The number of carbonyl (C=O) groups excluding carboxylic acids is 2. The van der Waals surface area contributed by atoms with E-state index in [1.807, 2.05) is 0 Å². The van der Waals surface area contributed by atoms with Gasteiger partial charge in [0.1, 0.15) is 11.1 Å². The Kier molecular flexibility index (Phi) is 5.59. The summed E-state index contributed by atoms with van der Waals surface area (Å²) in [6.07, 6.45) is 0.410. The van der Waals surface area contributed by atoms with Crippen molar-refractivity contribution in [1.29, 1.82) is 0 Å². The molecule has 2 amide bonds. The Bertz CT molecular complexity index is 1110. The van der Waals surface area contributed by atoms with E-state index in [2.05, 4.69) is 27.5 Å². The lowest BCUT2D eigenvalue weighted by Gasteiger charge is -2.28. The molecule has 2 aliphatic rings. The average molecular weight is 424 g/mol. The molecule has 1 aromatic carbocycles. The molecule has 5 N–H and O–H groups in total. The third kappa shape index (κ3) is 4.08. The first kappa shape index (κ1) is 20.8. The van der Waals surface area contributed by atoms with Gasteiger partial charge in [0.2, 0.25) is 5.91 Å². The molecule has 1 aromatic heterocycles. The molecule has 31 heavy (non-hydrogen) atoms. The Morgan fingerprint density at radius 3 is 2.84 bits per heavy atom. The number of carbonyl (C=O) groups is 2. The summed E-state index contributed by atoms with van der Waals surface area (Å²) in [5.41, 5.74) is 5.34. The summed E-state index contributed by atoms with van der Waals surface area (Å²) in [5, 5.41) is 15.3. The lowest BCUT2D eigenvalue weighted by Crippen LogP contribution is -2.41. The number of aliphatic hydroxyl groups excluding tert-OH is 1. The van der Waals surface area contributed by atoms with Gasteiger partial charge in [-0.3, -0.25) is 9.59 Å². The van der Waals surface area contributed by atoms with Crippen molar-refractivity contribution in [3.8, 4) is 23.1 Å². The highest BCUT2D eigenvalue weighted by Gasteiger charge is 2.40. The Labute approximate surface area is 178 Å². The maximum atomic E-state index is 14.9. The van der Waals surface area contributed by atoms with Crippen molar-refractivity contribution in [2.45, 2.75) is 12.5 Å². The molecular weight excluding hydrogens is 403 g/mol. The second-order valence-corrected chi connectivity index (χ2v) is 7.53. The van der Waals surface area contributed by atoms with Gasteiger partial charge in [-0.15, -0.1) is 0 Å². The number of benzene rings is 1. The van der Waals surface area contributed by atoms with Gasteiger partial charge in [0.25, 0.3) is 5.91 Å². The van der Waals surface area contributed by atoms with Gasteiger partial charge in [0.15, 0.2) is 11.5 Å². The SMILES string of the molecule is NC(=O)c1nc(-c2cccc(C#C[C@@]3(CO)CCNC3=O)c2)c(F)cc1NC1COC1. The van der Waals surface area contributed by atoms with Crippen LogP contribution in [0.3, 0.4) is 0 Å². The number of hydrogen-bond acceptors (Lipinski definition) is 6. The van der Waals surface area contributed by atoms with Gasteiger partial charge in [0.05, 0.1) is 31.5 Å². The Hall–Kier alpha value is -3.48. The van der Waals surface area contributed by atoms with Gasteiger partial charge in [-0.05, 0) is 18.6 Å². The van der Waals surface area contributed by atoms with E-state index in [-0.39, 0.29) is 35.6 Å². The van der Waals surface area contributed by atoms with E-state index in [1.54, 1.807) is 24.3 Å². The summed E-state index contributed by atoms with van der Waals surface area (Å²) in [6.45, 7) is 0.974. The van der Waals surface area contributed by atoms with E-state index in [9.17, 15) is 19.1 Å². The first-order valence-corrected chi connectivity index (χ1v) is 9.79. The van der Waals surface area contributed by atoms with E-state index in [0.717, 1.165) is 0 Å². The van der Waals surface area contributed by atoms with Crippen LogP contribution in [-0.4, -0.2) is 54.3 Å². The van der Waals surface area contributed by atoms with E-state index < -0.39 is 17.1 Å². The van der Waals surface area contributed by atoms with Crippen LogP contribution >= 0.6 is 0 Å². The van der Waals surface area contributed by atoms with Crippen LogP contribution in [0.25, 0.3) is 11.3 Å². The average Bonchev–Trinajstić information content (AvgIpc) is 3.10. The van der Waals surface area contributed by atoms with Gasteiger partial charge in [-0.25, -0.2) is 9.37 Å². The summed E-state index contributed by atoms with van der Waals surface area (Å²) >= 11 is 0. The van der Waals surface area contributed by atoms with Crippen molar-refractivity contribution in [3.05, 3.63) is 47.4 Å². The van der Waals surface area contributed by atoms with Crippen molar-refractivity contribution >= 4 is 17.5 Å².